The number of nitrogens with one attached hydrogen (secondary N) is 1. The number of ether oxygens (including phenoxy) is 3. The predicted octanol–water partition coefficient (Wildman–Crippen LogP) is 4.93. The van der Waals surface area contributed by atoms with Crippen molar-refractivity contribution < 1.29 is 19.0 Å². The fourth-order valence-corrected chi connectivity index (χ4v) is 3.65. The van der Waals surface area contributed by atoms with Crippen LogP contribution in [0.3, 0.4) is 0 Å². The Morgan fingerprint density at radius 3 is 2.59 bits per heavy atom. The highest BCUT2D eigenvalue weighted by atomic mass is 35.5. The van der Waals surface area contributed by atoms with E-state index in [1.165, 1.54) is 0 Å². The maximum atomic E-state index is 12.5. The highest BCUT2D eigenvalue weighted by Crippen LogP contribution is 2.35. The van der Waals surface area contributed by atoms with Gasteiger partial charge in [0.15, 0.2) is 17.3 Å². The van der Waals surface area contributed by atoms with Gasteiger partial charge in [0.1, 0.15) is 5.75 Å². The molecule has 5 nitrogen and oxygen atoms in total. The molecule has 29 heavy (non-hydrogen) atoms. The molecule has 154 valence electrons. The topological polar surface area (TPSA) is 56.8 Å². The second-order valence-corrected chi connectivity index (χ2v) is 7.44. The number of benzene rings is 2. The van der Waals surface area contributed by atoms with Gasteiger partial charge in [-0.15, -0.1) is 0 Å². The van der Waals surface area contributed by atoms with Crippen LogP contribution in [0.15, 0.2) is 36.4 Å². The Balaban J connectivity index is 1.61. The molecule has 7 heteroatoms. The lowest BCUT2D eigenvalue weighted by molar-refractivity contribution is -0.114. The summed E-state index contributed by atoms with van der Waals surface area (Å²) in [5.41, 5.74) is 2.89. The number of fused-ring (bicyclic) bond motifs is 1. The van der Waals surface area contributed by atoms with Gasteiger partial charge in [-0.3, -0.25) is 4.79 Å². The Kier molecular flexibility index (Phi) is 7.29. The zero-order chi connectivity index (χ0) is 20.8. The zero-order valence-corrected chi connectivity index (χ0v) is 17.9. The van der Waals surface area contributed by atoms with E-state index < -0.39 is 0 Å². The summed E-state index contributed by atoms with van der Waals surface area (Å²) in [6.07, 6.45) is 3.47. The average molecular weight is 436 g/mol. The van der Waals surface area contributed by atoms with Crippen molar-refractivity contribution in [3.63, 3.8) is 0 Å². The van der Waals surface area contributed by atoms with Crippen molar-refractivity contribution in [3.8, 4) is 17.2 Å². The van der Waals surface area contributed by atoms with Crippen molar-refractivity contribution in [2.24, 2.45) is 0 Å². The summed E-state index contributed by atoms with van der Waals surface area (Å²) >= 11 is 12.0. The Hall–Kier alpha value is -2.37. The molecule has 0 spiro atoms. The van der Waals surface area contributed by atoms with Gasteiger partial charge in [-0.05, 0) is 48.7 Å². The summed E-state index contributed by atoms with van der Waals surface area (Å²) < 4.78 is 16.4. The summed E-state index contributed by atoms with van der Waals surface area (Å²) in [4.78, 5) is 12.5. The first-order valence-electron chi connectivity index (χ1n) is 9.33. The Morgan fingerprint density at radius 1 is 1.10 bits per heavy atom. The van der Waals surface area contributed by atoms with Crippen molar-refractivity contribution in [2.45, 2.75) is 19.3 Å². The number of halogens is 2. The Labute approximate surface area is 180 Å². The number of hydrogen-bond acceptors (Lipinski definition) is 5. The number of allylic oxidation sites excluding steroid dienone is 1. The van der Waals surface area contributed by atoms with Crippen LogP contribution in [0.1, 0.15) is 24.0 Å². The molecule has 0 fully saturated rings. The van der Waals surface area contributed by atoms with Gasteiger partial charge in [-0.2, -0.15) is 0 Å². The minimum Gasteiger partial charge on any atom is -0.493 e. The Bertz CT molecular complexity index is 927. The molecule has 1 aliphatic heterocycles. The number of carbonyl (C=O) groups is 1. The third-order valence-corrected chi connectivity index (χ3v) is 5.16. The first kappa shape index (κ1) is 21.3. The van der Waals surface area contributed by atoms with E-state index in [2.05, 4.69) is 5.32 Å². The third kappa shape index (κ3) is 5.37. The quantitative estimate of drug-likeness (QED) is 0.470. The van der Waals surface area contributed by atoms with Crippen LogP contribution in [0, 0.1) is 0 Å². The van der Waals surface area contributed by atoms with Crippen molar-refractivity contribution in [1.82, 2.24) is 5.32 Å². The van der Waals surface area contributed by atoms with Gasteiger partial charge < -0.3 is 19.5 Å². The molecular formula is C22H23Cl2NO4. The van der Waals surface area contributed by atoms with E-state index >= 15 is 0 Å². The smallest absolute Gasteiger partial charge is 0.161 e. The summed E-state index contributed by atoms with van der Waals surface area (Å²) in [6.45, 7) is 1.16. The van der Waals surface area contributed by atoms with E-state index in [0.29, 0.717) is 46.7 Å². The molecule has 1 heterocycles. The molecule has 2 aromatic rings. The van der Waals surface area contributed by atoms with Gasteiger partial charge in [-0.25, -0.2) is 0 Å². The van der Waals surface area contributed by atoms with Gasteiger partial charge in [0.25, 0.3) is 0 Å². The van der Waals surface area contributed by atoms with Crippen LogP contribution in [0.4, 0.5) is 0 Å². The minimum absolute atomic E-state index is 0.0286. The molecule has 0 unspecified atom stereocenters. The van der Waals surface area contributed by atoms with Gasteiger partial charge in [-0.1, -0.05) is 23.2 Å². The van der Waals surface area contributed by atoms with Crippen LogP contribution >= 0.6 is 23.2 Å². The highest BCUT2D eigenvalue weighted by molar-refractivity contribution is 6.35. The van der Waals surface area contributed by atoms with Crippen molar-refractivity contribution in [1.29, 1.82) is 0 Å². The SMILES string of the molecule is COc1cc2c(cc1OC)C(=CC(=O)CCCOc1ccc(Cl)cc1Cl)NCC2. The maximum Gasteiger partial charge on any atom is 0.161 e. The highest BCUT2D eigenvalue weighted by Gasteiger charge is 2.18. The molecular weight excluding hydrogens is 413 g/mol. The molecule has 0 radical (unpaired) electrons. The molecule has 1 N–H and O–H groups in total. The standard InChI is InChI=1S/C22H23Cl2NO4/c1-27-21-10-14-7-8-25-19(17(14)13-22(21)28-2)12-16(26)4-3-9-29-20-6-5-15(23)11-18(20)24/h5-6,10-13,25H,3-4,7-9H2,1-2H3. The maximum absolute atomic E-state index is 12.5. The fraction of sp³-hybridized carbons (Fsp3) is 0.318. The average Bonchev–Trinajstić information content (AvgIpc) is 2.71. The van der Waals surface area contributed by atoms with Gasteiger partial charge >= 0.3 is 0 Å². The lowest BCUT2D eigenvalue weighted by atomic mass is 9.96. The van der Waals surface area contributed by atoms with Crippen molar-refractivity contribution in [2.75, 3.05) is 27.4 Å². The van der Waals surface area contributed by atoms with Crippen molar-refractivity contribution in [3.05, 3.63) is 57.6 Å². The number of ketones is 1. The largest absolute Gasteiger partial charge is 0.493 e. The summed E-state index contributed by atoms with van der Waals surface area (Å²) in [7, 11) is 3.22. The van der Waals surface area contributed by atoms with E-state index in [-0.39, 0.29) is 5.78 Å². The van der Waals surface area contributed by atoms with Gasteiger partial charge in [0.05, 0.1) is 25.8 Å². The van der Waals surface area contributed by atoms with Crippen LogP contribution in [-0.2, 0) is 11.2 Å². The van der Waals surface area contributed by atoms with Crippen LogP contribution < -0.4 is 19.5 Å². The van der Waals surface area contributed by atoms with Gasteiger partial charge in [0.2, 0.25) is 0 Å². The summed E-state index contributed by atoms with van der Waals surface area (Å²) in [6, 6.07) is 8.94. The molecule has 0 atom stereocenters. The van der Waals surface area contributed by atoms with Crippen LogP contribution in [0.5, 0.6) is 17.2 Å². The number of hydrogen-bond donors (Lipinski definition) is 1. The molecule has 2 aromatic carbocycles. The molecule has 1 aliphatic rings. The number of carbonyl (C=O) groups excluding carboxylic acids is 1. The second kappa shape index (κ2) is 9.90. The second-order valence-electron chi connectivity index (χ2n) is 6.59. The van der Waals surface area contributed by atoms with Crippen LogP contribution in [0.25, 0.3) is 5.70 Å². The molecule has 3 rings (SSSR count). The zero-order valence-electron chi connectivity index (χ0n) is 16.4. The van der Waals surface area contributed by atoms with E-state index in [0.717, 1.165) is 29.8 Å². The van der Waals surface area contributed by atoms with Crippen LogP contribution in [0.2, 0.25) is 10.0 Å². The fourth-order valence-electron chi connectivity index (χ4n) is 3.19. The van der Waals surface area contributed by atoms with Gasteiger partial charge in [0, 0.05) is 35.3 Å². The first-order valence-corrected chi connectivity index (χ1v) is 10.1. The molecule has 0 saturated heterocycles. The van der Waals surface area contributed by atoms with E-state index in [4.69, 9.17) is 37.4 Å². The van der Waals surface area contributed by atoms with E-state index in [1.54, 1.807) is 38.5 Å². The van der Waals surface area contributed by atoms with Crippen molar-refractivity contribution >= 4 is 34.7 Å². The van der Waals surface area contributed by atoms with Crippen LogP contribution in [-0.4, -0.2) is 33.2 Å². The minimum atomic E-state index is 0.0286. The Morgan fingerprint density at radius 2 is 1.86 bits per heavy atom. The molecule has 0 aromatic heterocycles. The monoisotopic (exact) mass is 435 g/mol. The third-order valence-electron chi connectivity index (χ3n) is 4.63. The predicted molar refractivity (Wildman–Crippen MR) is 115 cm³/mol. The summed E-state index contributed by atoms with van der Waals surface area (Å²) in [5, 5.41) is 4.32. The van der Waals surface area contributed by atoms with E-state index in [1.807, 2.05) is 12.1 Å². The van der Waals surface area contributed by atoms with E-state index in [9.17, 15) is 4.79 Å². The normalized spacial score (nSPS) is 14.1. The lowest BCUT2D eigenvalue weighted by Gasteiger charge is -2.23. The molecule has 0 bridgehead atoms. The lowest BCUT2D eigenvalue weighted by Crippen LogP contribution is -2.23. The number of rotatable bonds is 8. The first-order chi connectivity index (χ1) is 14.0. The molecule has 0 amide bonds. The summed E-state index contributed by atoms with van der Waals surface area (Å²) in [5.74, 6) is 1.92. The molecule has 0 aliphatic carbocycles. The molecule has 0 saturated carbocycles. The number of methoxy groups -OCH3 is 2.